The van der Waals surface area contributed by atoms with E-state index in [-0.39, 0.29) is 11.7 Å². The molecule has 5 rings (SSSR count). The maximum atomic E-state index is 12.1. The van der Waals surface area contributed by atoms with Crippen LogP contribution in [0.25, 0.3) is 16.9 Å². The number of aryl methyl sites for hydroxylation is 1. The first kappa shape index (κ1) is 16.4. The standard InChI is InChI=1S/C19H22N6O2/c1-13-17(15-10-21-24(11-15)12-16(26)14-2-3-14)25-5-4-20-18(19(25)22-13)23-6-8-27-9-7-23/h4-5,10-11,14H,2-3,6-9,12H2,1H3. The molecule has 1 aliphatic carbocycles. The van der Waals surface area contributed by atoms with E-state index >= 15 is 0 Å². The lowest BCUT2D eigenvalue weighted by molar-refractivity contribution is -0.120. The Morgan fingerprint density at radius 2 is 2.11 bits per heavy atom. The summed E-state index contributed by atoms with van der Waals surface area (Å²) in [6, 6.07) is 0. The number of hydrogen-bond donors (Lipinski definition) is 0. The van der Waals surface area contributed by atoms with Gasteiger partial charge in [-0.1, -0.05) is 0 Å². The molecular weight excluding hydrogens is 344 g/mol. The average Bonchev–Trinajstić information content (AvgIpc) is 3.36. The number of morpholine rings is 1. The number of aromatic nitrogens is 5. The number of nitrogens with zero attached hydrogens (tertiary/aromatic N) is 6. The molecule has 1 aliphatic heterocycles. The van der Waals surface area contributed by atoms with Crippen LogP contribution in [0.5, 0.6) is 0 Å². The van der Waals surface area contributed by atoms with Crippen LogP contribution in [0.3, 0.4) is 0 Å². The Bertz CT molecular complexity index is 997. The zero-order chi connectivity index (χ0) is 18.4. The van der Waals surface area contributed by atoms with Gasteiger partial charge in [-0.15, -0.1) is 0 Å². The van der Waals surface area contributed by atoms with E-state index < -0.39 is 0 Å². The van der Waals surface area contributed by atoms with Gasteiger partial charge < -0.3 is 9.64 Å². The van der Waals surface area contributed by atoms with Crippen molar-refractivity contribution in [1.82, 2.24) is 24.1 Å². The topological polar surface area (TPSA) is 77.5 Å². The van der Waals surface area contributed by atoms with E-state index in [1.54, 1.807) is 4.68 Å². The number of Topliss-reactive ketones (excluding diaryl/α,β-unsaturated/α-hetero) is 1. The molecule has 4 heterocycles. The number of fused-ring (bicyclic) bond motifs is 1. The van der Waals surface area contributed by atoms with Gasteiger partial charge in [-0.3, -0.25) is 13.9 Å². The number of rotatable bonds is 5. The third-order valence-electron chi connectivity index (χ3n) is 5.27. The third-order valence-corrected chi connectivity index (χ3v) is 5.27. The molecule has 0 radical (unpaired) electrons. The Balaban J connectivity index is 1.51. The monoisotopic (exact) mass is 366 g/mol. The van der Waals surface area contributed by atoms with Crippen molar-refractivity contribution >= 4 is 17.2 Å². The molecule has 0 N–H and O–H groups in total. The highest BCUT2D eigenvalue weighted by atomic mass is 16.5. The van der Waals surface area contributed by atoms with Crippen LogP contribution in [0.4, 0.5) is 5.82 Å². The summed E-state index contributed by atoms with van der Waals surface area (Å²) in [4.78, 5) is 23.6. The molecule has 0 spiro atoms. The average molecular weight is 366 g/mol. The fraction of sp³-hybridized carbons (Fsp3) is 0.474. The molecule has 1 saturated heterocycles. The number of imidazole rings is 1. The second-order valence-electron chi connectivity index (χ2n) is 7.26. The molecule has 140 valence electrons. The van der Waals surface area contributed by atoms with Crippen LogP contribution >= 0.6 is 0 Å². The van der Waals surface area contributed by atoms with Crippen molar-refractivity contribution in [1.29, 1.82) is 0 Å². The molecular formula is C19H22N6O2. The number of carbonyl (C=O) groups excluding carboxylic acids is 1. The van der Waals surface area contributed by atoms with Gasteiger partial charge >= 0.3 is 0 Å². The predicted molar refractivity (Wildman–Crippen MR) is 99.7 cm³/mol. The van der Waals surface area contributed by atoms with E-state index in [4.69, 9.17) is 9.72 Å². The highest BCUT2D eigenvalue weighted by molar-refractivity contribution is 5.83. The molecule has 0 bridgehead atoms. The van der Waals surface area contributed by atoms with E-state index in [0.717, 1.165) is 54.3 Å². The minimum absolute atomic E-state index is 0.248. The summed E-state index contributed by atoms with van der Waals surface area (Å²) in [7, 11) is 0. The van der Waals surface area contributed by atoms with Crippen molar-refractivity contribution in [3.05, 3.63) is 30.5 Å². The first-order valence-electron chi connectivity index (χ1n) is 9.42. The van der Waals surface area contributed by atoms with E-state index in [9.17, 15) is 4.79 Å². The second-order valence-corrected chi connectivity index (χ2v) is 7.26. The molecule has 0 unspecified atom stereocenters. The normalized spacial score (nSPS) is 17.6. The van der Waals surface area contributed by atoms with Crippen LogP contribution in [0, 0.1) is 12.8 Å². The molecule has 2 aliphatic rings. The number of hydrogen-bond acceptors (Lipinski definition) is 6. The van der Waals surface area contributed by atoms with Crippen LogP contribution in [0.15, 0.2) is 24.8 Å². The molecule has 3 aromatic rings. The lowest BCUT2D eigenvalue weighted by atomic mass is 10.2. The summed E-state index contributed by atoms with van der Waals surface area (Å²) < 4.78 is 9.25. The first-order chi connectivity index (χ1) is 13.2. The Hall–Kier alpha value is -2.74. The zero-order valence-corrected chi connectivity index (χ0v) is 15.3. The van der Waals surface area contributed by atoms with Gasteiger partial charge in [0.1, 0.15) is 0 Å². The SMILES string of the molecule is Cc1nc2c(N3CCOCC3)nccn2c1-c1cnn(CC(=O)C2CC2)c1. The van der Waals surface area contributed by atoms with Crippen molar-refractivity contribution < 1.29 is 9.53 Å². The van der Waals surface area contributed by atoms with Gasteiger partial charge in [0.15, 0.2) is 17.2 Å². The Morgan fingerprint density at radius 1 is 1.30 bits per heavy atom. The van der Waals surface area contributed by atoms with Crippen LogP contribution in [-0.4, -0.2) is 56.2 Å². The summed E-state index contributed by atoms with van der Waals surface area (Å²) in [6.45, 7) is 5.39. The Morgan fingerprint density at radius 3 is 2.89 bits per heavy atom. The number of ether oxygens (including phenoxy) is 1. The molecule has 8 heteroatoms. The largest absolute Gasteiger partial charge is 0.378 e. The van der Waals surface area contributed by atoms with Crippen molar-refractivity contribution in [3.8, 4) is 11.3 Å². The van der Waals surface area contributed by atoms with Crippen molar-refractivity contribution in [2.75, 3.05) is 31.2 Å². The van der Waals surface area contributed by atoms with E-state index in [1.807, 2.05) is 31.7 Å². The van der Waals surface area contributed by atoms with E-state index in [1.165, 1.54) is 0 Å². The van der Waals surface area contributed by atoms with Gasteiger partial charge in [0.05, 0.1) is 37.3 Å². The summed E-state index contributed by atoms with van der Waals surface area (Å²) >= 11 is 0. The fourth-order valence-corrected chi connectivity index (χ4v) is 3.69. The van der Waals surface area contributed by atoms with Crippen molar-refractivity contribution in [3.63, 3.8) is 0 Å². The van der Waals surface area contributed by atoms with Crippen LogP contribution in [-0.2, 0) is 16.1 Å². The van der Waals surface area contributed by atoms with Crippen LogP contribution < -0.4 is 4.90 Å². The molecule has 8 nitrogen and oxygen atoms in total. The zero-order valence-electron chi connectivity index (χ0n) is 15.3. The fourth-order valence-electron chi connectivity index (χ4n) is 3.69. The predicted octanol–water partition coefficient (Wildman–Crippen LogP) is 1.72. The minimum Gasteiger partial charge on any atom is -0.378 e. The molecule has 3 aromatic heterocycles. The lowest BCUT2D eigenvalue weighted by Crippen LogP contribution is -2.37. The van der Waals surface area contributed by atoms with Gasteiger partial charge in [0.2, 0.25) is 0 Å². The van der Waals surface area contributed by atoms with Crippen molar-refractivity contribution in [2.24, 2.45) is 5.92 Å². The summed E-state index contributed by atoms with van der Waals surface area (Å²) in [5.41, 5.74) is 3.72. The van der Waals surface area contributed by atoms with Gasteiger partial charge in [-0.2, -0.15) is 5.10 Å². The van der Waals surface area contributed by atoms with Crippen LogP contribution in [0.1, 0.15) is 18.5 Å². The summed E-state index contributed by atoms with van der Waals surface area (Å²) in [5, 5.41) is 4.39. The van der Waals surface area contributed by atoms with Gasteiger partial charge in [0.25, 0.3) is 0 Å². The first-order valence-corrected chi connectivity index (χ1v) is 9.42. The second kappa shape index (κ2) is 6.45. The molecule has 0 amide bonds. The van der Waals surface area contributed by atoms with Gasteiger partial charge in [-0.05, 0) is 19.8 Å². The molecule has 1 saturated carbocycles. The number of carbonyl (C=O) groups is 1. The molecule has 0 atom stereocenters. The lowest BCUT2D eigenvalue weighted by Gasteiger charge is -2.27. The third kappa shape index (κ3) is 2.99. The Kier molecular flexibility index (Phi) is 3.93. The number of anilines is 1. The van der Waals surface area contributed by atoms with Gasteiger partial charge in [0, 0.05) is 43.2 Å². The Labute approximate surface area is 156 Å². The molecule has 2 fully saturated rings. The van der Waals surface area contributed by atoms with E-state index in [2.05, 4.69) is 19.4 Å². The van der Waals surface area contributed by atoms with Crippen LogP contribution in [0.2, 0.25) is 0 Å². The highest BCUT2D eigenvalue weighted by Crippen LogP contribution is 2.31. The maximum absolute atomic E-state index is 12.1. The maximum Gasteiger partial charge on any atom is 0.181 e. The minimum atomic E-state index is 0.248. The molecule has 27 heavy (non-hydrogen) atoms. The summed E-state index contributed by atoms with van der Waals surface area (Å²) in [5.74, 6) is 1.40. The summed E-state index contributed by atoms with van der Waals surface area (Å²) in [6.07, 6.45) is 9.54. The smallest absolute Gasteiger partial charge is 0.181 e. The van der Waals surface area contributed by atoms with Gasteiger partial charge in [-0.25, -0.2) is 9.97 Å². The van der Waals surface area contributed by atoms with Crippen molar-refractivity contribution in [2.45, 2.75) is 26.3 Å². The molecule has 0 aromatic carbocycles. The van der Waals surface area contributed by atoms with E-state index in [0.29, 0.717) is 19.8 Å². The highest BCUT2D eigenvalue weighted by Gasteiger charge is 2.29. The quantitative estimate of drug-likeness (QED) is 0.684. The number of ketones is 1.